The number of hydrogen-bond donors (Lipinski definition) is 1. The number of anilines is 2. The predicted molar refractivity (Wildman–Crippen MR) is 95.5 cm³/mol. The number of halogens is 1. The van der Waals surface area contributed by atoms with E-state index in [-0.39, 0.29) is 24.0 Å². The fraction of sp³-hybridized carbons (Fsp3) is 0.222. The maximum Gasteiger partial charge on any atom is 0.322 e. The summed E-state index contributed by atoms with van der Waals surface area (Å²) in [5.74, 6) is 0.287. The van der Waals surface area contributed by atoms with Gasteiger partial charge in [0, 0.05) is 26.4 Å². The second-order valence-corrected chi connectivity index (χ2v) is 5.88. The Kier molecular flexibility index (Phi) is 3.78. The van der Waals surface area contributed by atoms with Crippen LogP contribution in [0.2, 0.25) is 0 Å². The molecule has 26 heavy (non-hydrogen) atoms. The van der Waals surface area contributed by atoms with Gasteiger partial charge in [0.2, 0.25) is 0 Å². The molecule has 1 fully saturated rings. The highest BCUT2D eigenvalue weighted by atomic mass is 19.1. The topological polar surface area (TPSA) is 90.1 Å². The van der Waals surface area contributed by atoms with Crippen LogP contribution in [0.25, 0.3) is 11.1 Å². The van der Waals surface area contributed by atoms with Gasteiger partial charge in [-0.2, -0.15) is 0 Å². The minimum Gasteiger partial charge on any atom is -0.421 e. The van der Waals surface area contributed by atoms with Gasteiger partial charge >= 0.3 is 6.01 Å². The van der Waals surface area contributed by atoms with Gasteiger partial charge in [-0.15, -0.1) is 0 Å². The average molecular weight is 353 g/mol. The van der Waals surface area contributed by atoms with Crippen LogP contribution in [-0.2, 0) is 0 Å². The zero-order valence-corrected chi connectivity index (χ0v) is 14.1. The van der Waals surface area contributed by atoms with Gasteiger partial charge in [-0.3, -0.25) is 0 Å². The van der Waals surface area contributed by atoms with Gasteiger partial charge in [-0.05, 0) is 37.1 Å². The molecule has 2 N–H and O–H groups in total. The zero-order valence-electron chi connectivity index (χ0n) is 15.1. The molecule has 0 unspecified atom stereocenters. The lowest BCUT2D eigenvalue weighted by molar-refractivity contribution is 0.410. The molecule has 2 aromatic heterocycles. The van der Waals surface area contributed by atoms with Crippen molar-refractivity contribution in [2.75, 3.05) is 23.7 Å². The number of hydrogen-bond acceptors (Lipinski definition) is 7. The lowest BCUT2D eigenvalue weighted by Crippen LogP contribution is -2.38. The van der Waals surface area contributed by atoms with E-state index in [1.807, 2.05) is 4.90 Å². The van der Waals surface area contributed by atoms with E-state index in [2.05, 4.69) is 19.9 Å². The van der Waals surface area contributed by atoms with Crippen molar-refractivity contribution in [2.24, 2.45) is 0 Å². The molecule has 1 aliphatic rings. The van der Waals surface area contributed by atoms with Crippen LogP contribution in [0.1, 0.15) is 13.5 Å². The first kappa shape index (κ1) is 15.0. The van der Waals surface area contributed by atoms with Gasteiger partial charge in [-0.25, -0.2) is 24.3 Å². The van der Waals surface area contributed by atoms with E-state index in [9.17, 15) is 4.39 Å². The number of nitrogens with zero attached hydrogens (tertiary/aromatic N) is 5. The zero-order chi connectivity index (χ0) is 19.0. The van der Waals surface area contributed by atoms with Crippen LogP contribution in [0, 0.1) is 12.7 Å². The third-order valence-corrected chi connectivity index (χ3v) is 4.05. The molecule has 1 saturated heterocycles. The van der Waals surface area contributed by atoms with Gasteiger partial charge < -0.3 is 15.4 Å². The summed E-state index contributed by atoms with van der Waals surface area (Å²) in [6, 6.07) is 6.30. The number of benzene rings is 1. The van der Waals surface area contributed by atoms with Crippen molar-refractivity contribution in [1.82, 2.24) is 19.9 Å². The number of nitrogen functional groups attached to an aromatic ring is 1. The van der Waals surface area contributed by atoms with E-state index >= 15 is 0 Å². The van der Waals surface area contributed by atoms with E-state index in [4.69, 9.17) is 11.8 Å². The maximum atomic E-state index is 14.6. The summed E-state index contributed by atoms with van der Waals surface area (Å²) < 4.78 is 27.8. The number of ether oxygens (including phenoxy) is 1. The lowest BCUT2D eigenvalue weighted by Gasteiger charge is -2.33. The van der Waals surface area contributed by atoms with Crippen LogP contribution in [-0.4, -0.2) is 33.0 Å². The Morgan fingerprint density at radius 3 is 2.81 bits per heavy atom. The summed E-state index contributed by atoms with van der Waals surface area (Å²) >= 11 is 0. The molecule has 0 bridgehead atoms. The summed E-state index contributed by atoms with van der Waals surface area (Å²) in [5, 5.41) is 0. The first-order valence-corrected chi connectivity index (χ1v) is 8.06. The number of aryl methyl sites for hydroxylation is 1. The molecular formula is C18H17FN6O. The van der Waals surface area contributed by atoms with Crippen molar-refractivity contribution in [3.8, 4) is 22.9 Å². The molecule has 1 aromatic carbocycles. The highest BCUT2D eigenvalue weighted by Gasteiger charge is 2.23. The Labute approximate surface area is 151 Å². The summed E-state index contributed by atoms with van der Waals surface area (Å²) in [6.07, 6.45) is 2.76. The molecule has 132 valence electrons. The smallest absolute Gasteiger partial charge is 0.322 e. The highest BCUT2D eigenvalue weighted by Crippen LogP contribution is 2.36. The van der Waals surface area contributed by atoms with Crippen molar-refractivity contribution >= 4 is 11.6 Å². The van der Waals surface area contributed by atoms with Gasteiger partial charge in [0.25, 0.3) is 0 Å². The van der Waals surface area contributed by atoms with Gasteiger partial charge in [0.1, 0.15) is 18.0 Å². The average Bonchev–Trinajstić information content (AvgIpc) is 2.61. The molecule has 3 aromatic rings. The Bertz CT molecular complexity index is 995. The molecule has 7 nitrogen and oxygen atoms in total. The van der Waals surface area contributed by atoms with Crippen LogP contribution in [0.5, 0.6) is 11.8 Å². The molecule has 3 heterocycles. The van der Waals surface area contributed by atoms with E-state index in [1.54, 1.807) is 25.3 Å². The first-order chi connectivity index (χ1) is 13.0. The van der Waals surface area contributed by atoms with Crippen LogP contribution >= 0.6 is 0 Å². The van der Waals surface area contributed by atoms with Gasteiger partial charge in [-0.1, -0.05) is 6.07 Å². The number of nitrogens with two attached hydrogens (primary N) is 1. The van der Waals surface area contributed by atoms with Crippen molar-refractivity contribution in [1.29, 1.82) is 0 Å². The van der Waals surface area contributed by atoms with Crippen LogP contribution in [0.4, 0.5) is 16.0 Å². The quantitative estimate of drug-likeness (QED) is 0.771. The summed E-state index contributed by atoms with van der Waals surface area (Å²) in [4.78, 5) is 18.3. The Hall–Kier alpha value is -3.29. The van der Waals surface area contributed by atoms with E-state index in [0.717, 1.165) is 5.69 Å². The van der Waals surface area contributed by atoms with E-state index in [0.29, 0.717) is 30.0 Å². The molecular weight excluding hydrogens is 335 g/mol. The van der Waals surface area contributed by atoms with Crippen molar-refractivity contribution in [3.63, 3.8) is 0 Å². The number of aromatic nitrogens is 4. The molecule has 1 aliphatic heterocycles. The van der Waals surface area contributed by atoms with Gasteiger partial charge in [0.15, 0.2) is 11.6 Å². The summed E-state index contributed by atoms with van der Waals surface area (Å²) in [7, 11) is 0. The van der Waals surface area contributed by atoms with Crippen LogP contribution in [0.3, 0.4) is 0 Å². The molecule has 0 aliphatic carbocycles. The molecule has 0 amide bonds. The normalized spacial score (nSPS) is 14.7. The lowest BCUT2D eigenvalue weighted by atomic mass is 10.0. The fourth-order valence-electron chi connectivity index (χ4n) is 2.65. The van der Waals surface area contributed by atoms with Crippen molar-refractivity contribution < 1.29 is 10.5 Å². The standard InChI is InChI=1S/C18H17FN6O/c1-11-5-6-21-18(24-11)26-14-4-3-12(9-13(14)19)15-16(20)22-10-23-17(15)25-7-2-8-25/h3-6,9-10H,2,7-8H2,1H3,(H2,20,22,23)/i2D. The third-order valence-electron chi connectivity index (χ3n) is 4.05. The van der Waals surface area contributed by atoms with Crippen LogP contribution in [0.15, 0.2) is 36.8 Å². The SMILES string of the molecule is [2H]C1CN(c2ncnc(N)c2-c2ccc(Oc3nccc(C)n3)c(F)c2)C1. The molecule has 0 saturated carbocycles. The maximum absolute atomic E-state index is 14.6. The number of rotatable bonds is 4. The highest BCUT2D eigenvalue weighted by molar-refractivity contribution is 5.84. The molecule has 8 heteroatoms. The first-order valence-electron chi connectivity index (χ1n) is 8.64. The summed E-state index contributed by atoms with van der Waals surface area (Å²) in [6.45, 7) is 2.90. The minimum atomic E-state index is -0.575. The largest absolute Gasteiger partial charge is 0.421 e. The molecule has 0 radical (unpaired) electrons. The molecule has 0 atom stereocenters. The fourth-order valence-corrected chi connectivity index (χ4v) is 2.65. The predicted octanol–water partition coefficient (Wildman–Crippen LogP) is 2.97. The van der Waals surface area contributed by atoms with E-state index in [1.165, 1.54) is 18.5 Å². The third kappa shape index (κ3) is 3.01. The van der Waals surface area contributed by atoms with Crippen LogP contribution < -0.4 is 15.4 Å². The summed E-state index contributed by atoms with van der Waals surface area (Å²) in [5.41, 5.74) is 7.83. The monoisotopic (exact) mass is 353 g/mol. The van der Waals surface area contributed by atoms with Crippen molar-refractivity contribution in [3.05, 3.63) is 48.3 Å². The molecule has 4 rings (SSSR count). The molecule has 0 spiro atoms. The Balaban J connectivity index is 1.67. The Morgan fingerprint density at radius 2 is 2.08 bits per heavy atom. The van der Waals surface area contributed by atoms with Gasteiger partial charge in [0.05, 0.1) is 5.56 Å². The minimum absolute atomic E-state index is 0.0106. The second-order valence-electron chi connectivity index (χ2n) is 5.88. The second kappa shape index (κ2) is 6.55. The Morgan fingerprint density at radius 1 is 1.23 bits per heavy atom. The van der Waals surface area contributed by atoms with Crippen molar-refractivity contribution in [2.45, 2.75) is 13.3 Å². The van der Waals surface area contributed by atoms with E-state index < -0.39 is 5.82 Å².